The van der Waals surface area contributed by atoms with Crippen molar-refractivity contribution in [2.75, 3.05) is 5.32 Å². The Bertz CT molecular complexity index is 1000. The van der Waals surface area contributed by atoms with Gasteiger partial charge in [-0.05, 0) is 35.4 Å². The van der Waals surface area contributed by atoms with Gasteiger partial charge in [0.2, 0.25) is 5.13 Å². The van der Waals surface area contributed by atoms with Gasteiger partial charge in [0.05, 0.1) is 0 Å². The van der Waals surface area contributed by atoms with Gasteiger partial charge < -0.3 is 0 Å². The fraction of sp³-hybridized carbons (Fsp3) is 0.0556. The van der Waals surface area contributed by atoms with Gasteiger partial charge in [-0.15, -0.1) is 21.5 Å². The molecule has 0 aliphatic carbocycles. The van der Waals surface area contributed by atoms with Crippen molar-refractivity contribution in [3.63, 3.8) is 0 Å². The zero-order valence-electron chi connectivity index (χ0n) is 13.2. The number of amides is 1. The molecule has 4 nitrogen and oxygen atoms in total. The van der Waals surface area contributed by atoms with Gasteiger partial charge in [0.15, 0.2) is 0 Å². The molecule has 0 aliphatic rings. The van der Waals surface area contributed by atoms with Crippen LogP contribution in [0, 0.1) is 6.92 Å². The average Bonchev–Trinajstić information content (AvgIpc) is 3.36. The molecule has 0 aliphatic heterocycles. The Morgan fingerprint density at radius 3 is 2.60 bits per heavy atom. The quantitative estimate of drug-likeness (QED) is 0.502. The van der Waals surface area contributed by atoms with Gasteiger partial charge in [-0.25, -0.2) is 0 Å². The maximum atomic E-state index is 12.7. The minimum absolute atomic E-state index is 0.154. The molecule has 0 spiro atoms. The summed E-state index contributed by atoms with van der Waals surface area (Å²) in [5.41, 5.74) is 4.19. The van der Waals surface area contributed by atoms with Crippen molar-refractivity contribution < 1.29 is 4.79 Å². The maximum absolute atomic E-state index is 12.7. The summed E-state index contributed by atoms with van der Waals surface area (Å²) in [6.07, 6.45) is 0. The molecule has 0 radical (unpaired) electrons. The lowest BCUT2D eigenvalue weighted by Gasteiger charge is -2.04. The molecule has 0 saturated heterocycles. The standard InChI is InChI=1S/C18H13N3OS3/c1-11-2-4-12(5-3-11)14-7-9-24-15(14)16(22)19-18-21-20-17(25-18)13-6-8-23-10-13/h2-10H,1H3,(H,19,21,22). The Morgan fingerprint density at radius 1 is 1.00 bits per heavy atom. The van der Waals surface area contributed by atoms with Crippen molar-refractivity contribution in [1.82, 2.24) is 10.2 Å². The molecule has 1 amide bonds. The molecule has 25 heavy (non-hydrogen) atoms. The van der Waals surface area contributed by atoms with Crippen LogP contribution >= 0.6 is 34.0 Å². The average molecular weight is 384 g/mol. The Balaban J connectivity index is 1.56. The maximum Gasteiger partial charge on any atom is 0.268 e. The summed E-state index contributed by atoms with van der Waals surface area (Å²) in [7, 11) is 0. The van der Waals surface area contributed by atoms with E-state index in [1.165, 1.54) is 28.2 Å². The molecule has 7 heteroatoms. The molecule has 0 atom stereocenters. The lowest BCUT2D eigenvalue weighted by atomic mass is 10.0. The van der Waals surface area contributed by atoms with Crippen LogP contribution in [0.5, 0.6) is 0 Å². The molecular weight excluding hydrogens is 370 g/mol. The van der Waals surface area contributed by atoms with Crippen LogP contribution in [0.3, 0.4) is 0 Å². The summed E-state index contributed by atoms with van der Waals surface area (Å²) in [6.45, 7) is 2.05. The Labute approximate surface area is 156 Å². The van der Waals surface area contributed by atoms with Crippen LogP contribution in [-0.2, 0) is 0 Å². The molecule has 124 valence electrons. The minimum Gasteiger partial charge on any atom is -0.296 e. The summed E-state index contributed by atoms with van der Waals surface area (Å²) >= 11 is 4.41. The number of aryl methyl sites for hydroxylation is 1. The highest BCUT2D eigenvalue weighted by atomic mass is 32.1. The van der Waals surface area contributed by atoms with Crippen LogP contribution in [0.25, 0.3) is 21.7 Å². The molecule has 1 N–H and O–H groups in total. The normalized spacial score (nSPS) is 10.8. The zero-order valence-corrected chi connectivity index (χ0v) is 15.7. The highest BCUT2D eigenvalue weighted by molar-refractivity contribution is 7.19. The number of hydrogen-bond donors (Lipinski definition) is 1. The van der Waals surface area contributed by atoms with Gasteiger partial charge in [-0.1, -0.05) is 41.2 Å². The van der Waals surface area contributed by atoms with Crippen LogP contribution in [0.2, 0.25) is 0 Å². The highest BCUT2D eigenvalue weighted by Gasteiger charge is 2.17. The second kappa shape index (κ2) is 6.87. The lowest BCUT2D eigenvalue weighted by Crippen LogP contribution is -2.11. The van der Waals surface area contributed by atoms with E-state index >= 15 is 0 Å². The minimum atomic E-state index is -0.154. The van der Waals surface area contributed by atoms with E-state index in [0.29, 0.717) is 10.0 Å². The molecule has 4 rings (SSSR count). The third-order valence-electron chi connectivity index (χ3n) is 3.65. The van der Waals surface area contributed by atoms with E-state index in [2.05, 4.69) is 15.5 Å². The van der Waals surface area contributed by atoms with Crippen LogP contribution in [-0.4, -0.2) is 16.1 Å². The van der Waals surface area contributed by atoms with E-state index in [0.717, 1.165) is 21.7 Å². The van der Waals surface area contributed by atoms with E-state index < -0.39 is 0 Å². The van der Waals surface area contributed by atoms with Gasteiger partial charge in [0.1, 0.15) is 9.88 Å². The number of anilines is 1. The summed E-state index contributed by atoms with van der Waals surface area (Å²) in [6, 6.07) is 12.1. The Hall–Kier alpha value is -2.35. The molecule has 1 aromatic carbocycles. The predicted octanol–water partition coefficient (Wildman–Crippen LogP) is 5.56. The number of nitrogens with zero attached hydrogens (tertiary/aromatic N) is 2. The molecule has 0 saturated carbocycles. The fourth-order valence-corrected chi connectivity index (χ4v) is 4.64. The first-order valence-corrected chi connectivity index (χ1v) is 10.2. The molecule has 4 aromatic rings. The molecule has 3 heterocycles. The van der Waals surface area contributed by atoms with Gasteiger partial charge in [-0.2, -0.15) is 11.3 Å². The van der Waals surface area contributed by atoms with Crippen molar-refractivity contribution >= 4 is 45.0 Å². The van der Waals surface area contributed by atoms with Crippen LogP contribution in [0.4, 0.5) is 5.13 Å². The molecule has 0 unspecified atom stereocenters. The largest absolute Gasteiger partial charge is 0.296 e. The topological polar surface area (TPSA) is 54.9 Å². The number of benzene rings is 1. The van der Waals surface area contributed by atoms with Gasteiger partial charge in [0.25, 0.3) is 5.91 Å². The SMILES string of the molecule is Cc1ccc(-c2ccsc2C(=O)Nc2nnc(-c3ccsc3)s2)cc1. The van der Waals surface area contributed by atoms with Crippen molar-refractivity contribution in [1.29, 1.82) is 0 Å². The first-order chi connectivity index (χ1) is 12.2. The number of rotatable bonds is 4. The van der Waals surface area contributed by atoms with E-state index in [4.69, 9.17) is 0 Å². The van der Waals surface area contributed by atoms with Crippen molar-refractivity contribution in [2.24, 2.45) is 0 Å². The van der Waals surface area contributed by atoms with E-state index in [9.17, 15) is 4.79 Å². The highest BCUT2D eigenvalue weighted by Crippen LogP contribution is 2.31. The number of carbonyl (C=O) groups excluding carboxylic acids is 1. The summed E-state index contributed by atoms with van der Waals surface area (Å²) < 4.78 is 0. The number of nitrogens with one attached hydrogen (secondary N) is 1. The van der Waals surface area contributed by atoms with Gasteiger partial charge in [0, 0.05) is 16.5 Å². The second-order valence-electron chi connectivity index (χ2n) is 5.41. The molecule has 3 aromatic heterocycles. The van der Waals surface area contributed by atoms with E-state index in [1.807, 2.05) is 59.5 Å². The zero-order chi connectivity index (χ0) is 17.2. The third-order valence-corrected chi connectivity index (χ3v) is 6.13. The van der Waals surface area contributed by atoms with Crippen LogP contribution in [0.15, 0.2) is 52.5 Å². The van der Waals surface area contributed by atoms with Crippen LogP contribution < -0.4 is 5.32 Å². The molecule has 0 fully saturated rings. The van der Waals surface area contributed by atoms with Crippen molar-refractivity contribution in [3.8, 4) is 21.7 Å². The second-order valence-corrected chi connectivity index (χ2v) is 8.08. The van der Waals surface area contributed by atoms with Gasteiger partial charge in [-0.3, -0.25) is 10.1 Å². The molecule has 0 bridgehead atoms. The lowest BCUT2D eigenvalue weighted by molar-refractivity contribution is 0.103. The first kappa shape index (κ1) is 16.1. The fourth-order valence-electron chi connectivity index (χ4n) is 2.38. The number of hydrogen-bond acceptors (Lipinski definition) is 6. The Morgan fingerprint density at radius 2 is 1.84 bits per heavy atom. The van der Waals surface area contributed by atoms with Crippen LogP contribution in [0.1, 0.15) is 15.2 Å². The van der Waals surface area contributed by atoms with Gasteiger partial charge >= 0.3 is 0 Å². The summed E-state index contributed by atoms with van der Waals surface area (Å²) in [5, 5.41) is 18.4. The molecular formula is C18H13N3OS3. The first-order valence-electron chi connectivity index (χ1n) is 7.52. The predicted molar refractivity (Wildman–Crippen MR) is 106 cm³/mol. The summed E-state index contributed by atoms with van der Waals surface area (Å²) in [4.78, 5) is 13.3. The smallest absolute Gasteiger partial charge is 0.268 e. The van der Waals surface area contributed by atoms with Crippen molar-refractivity contribution in [2.45, 2.75) is 6.92 Å². The van der Waals surface area contributed by atoms with E-state index in [1.54, 1.807) is 11.3 Å². The summed E-state index contributed by atoms with van der Waals surface area (Å²) in [5.74, 6) is -0.154. The number of thiophene rings is 2. The number of carbonyl (C=O) groups is 1. The van der Waals surface area contributed by atoms with Crippen molar-refractivity contribution in [3.05, 3.63) is 63.0 Å². The Kier molecular flexibility index (Phi) is 4.44. The number of aromatic nitrogens is 2. The monoisotopic (exact) mass is 383 g/mol. The third kappa shape index (κ3) is 3.39. The van der Waals surface area contributed by atoms with E-state index in [-0.39, 0.29) is 5.91 Å².